The van der Waals surface area contributed by atoms with E-state index in [9.17, 15) is 0 Å². The second-order valence-corrected chi connectivity index (χ2v) is 6.33. The van der Waals surface area contributed by atoms with Crippen molar-refractivity contribution in [3.63, 3.8) is 0 Å². The molecule has 0 aromatic carbocycles. The van der Waals surface area contributed by atoms with Crippen LogP contribution in [0.5, 0.6) is 0 Å². The van der Waals surface area contributed by atoms with Gasteiger partial charge in [0, 0.05) is 12.6 Å². The molecule has 0 aliphatic heterocycles. The minimum absolute atomic E-state index is 0.184. The third-order valence-electron chi connectivity index (χ3n) is 3.94. The largest absolute Gasteiger partial charge is 0.379 e. The maximum Gasteiger partial charge on any atom is 0.0708 e. The average molecular weight is 255 g/mol. The molecule has 0 spiro atoms. The van der Waals surface area contributed by atoms with Gasteiger partial charge in [0.25, 0.3) is 0 Å². The molecule has 3 heteroatoms. The van der Waals surface area contributed by atoms with Crippen molar-refractivity contribution in [1.29, 1.82) is 0 Å². The standard InChI is InChI=1S/C15H29NO2/c1-13(2)12-17-10-11-18-15(6-3-7-15)8-9-16-14-4-5-14/h13-14,16H,3-12H2,1-2H3. The van der Waals surface area contributed by atoms with E-state index >= 15 is 0 Å². The highest BCUT2D eigenvalue weighted by Crippen LogP contribution is 2.38. The van der Waals surface area contributed by atoms with Crippen molar-refractivity contribution in [2.24, 2.45) is 5.92 Å². The van der Waals surface area contributed by atoms with Crippen molar-refractivity contribution in [2.75, 3.05) is 26.4 Å². The molecule has 0 saturated heterocycles. The molecule has 1 N–H and O–H groups in total. The van der Waals surface area contributed by atoms with Crippen LogP contribution in [0.2, 0.25) is 0 Å². The highest BCUT2D eigenvalue weighted by Gasteiger charge is 2.37. The molecule has 0 radical (unpaired) electrons. The molecule has 2 fully saturated rings. The molecule has 18 heavy (non-hydrogen) atoms. The van der Waals surface area contributed by atoms with Crippen molar-refractivity contribution in [3.8, 4) is 0 Å². The Labute approximate surface area is 112 Å². The second-order valence-electron chi connectivity index (χ2n) is 6.33. The summed E-state index contributed by atoms with van der Waals surface area (Å²) < 4.78 is 11.7. The van der Waals surface area contributed by atoms with E-state index in [1.165, 1.54) is 38.5 Å². The van der Waals surface area contributed by atoms with Crippen molar-refractivity contribution in [3.05, 3.63) is 0 Å². The summed E-state index contributed by atoms with van der Waals surface area (Å²) in [6.07, 6.45) is 7.73. The van der Waals surface area contributed by atoms with Gasteiger partial charge in [-0.1, -0.05) is 13.8 Å². The minimum atomic E-state index is 0.184. The predicted octanol–water partition coefficient (Wildman–Crippen LogP) is 2.74. The molecule has 0 amide bonds. The Morgan fingerprint density at radius 2 is 2.00 bits per heavy atom. The lowest BCUT2D eigenvalue weighted by Gasteiger charge is -2.42. The topological polar surface area (TPSA) is 30.5 Å². The van der Waals surface area contributed by atoms with Crippen LogP contribution < -0.4 is 5.32 Å². The van der Waals surface area contributed by atoms with Gasteiger partial charge in [0.15, 0.2) is 0 Å². The molecule has 2 saturated carbocycles. The third kappa shape index (κ3) is 4.87. The SMILES string of the molecule is CC(C)COCCOC1(CCNC2CC2)CCC1. The maximum atomic E-state index is 6.08. The smallest absolute Gasteiger partial charge is 0.0708 e. The molecule has 0 aromatic heterocycles. The number of rotatable bonds is 10. The summed E-state index contributed by atoms with van der Waals surface area (Å²) in [4.78, 5) is 0. The van der Waals surface area contributed by atoms with Gasteiger partial charge in [-0.2, -0.15) is 0 Å². The lowest BCUT2D eigenvalue weighted by molar-refractivity contribution is -0.118. The van der Waals surface area contributed by atoms with E-state index < -0.39 is 0 Å². The molecule has 0 aromatic rings. The summed E-state index contributed by atoms with van der Waals surface area (Å²) in [5, 5.41) is 3.59. The Hall–Kier alpha value is -0.120. The summed E-state index contributed by atoms with van der Waals surface area (Å²) in [5.41, 5.74) is 0.184. The first-order chi connectivity index (χ1) is 8.70. The zero-order valence-corrected chi connectivity index (χ0v) is 12.0. The molecule has 3 nitrogen and oxygen atoms in total. The fourth-order valence-electron chi connectivity index (χ4n) is 2.47. The third-order valence-corrected chi connectivity index (χ3v) is 3.94. The van der Waals surface area contributed by atoms with Crippen molar-refractivity contribution < 1.29 is 9.47 Å². The van der Waals surface area contributed by atoms with Gasteiger partial charge in [0.1, 0.15) is 0 Å². The van der Waals surface area contributed by atoms with Gasteiger partial charge in [-0.3, -0.25) is 0 Å². The van der Waals surface area contributed by atoms with Crippen LogP contribution in [0.4, 0.5) is 0 Å². The van der Waals surface area contributed by atoms with Crippen LogP contribution in [-0.2, 0) is 9.47 Å². The van der Waals surface area contributed by atoms with Gasteiger partial charge >= 0.3 is 0 Å². The first-order valence-electron chi connectivity index (χ1n) is 7.65. The second kappa shape index (κ2) is 6.88. The number of nitrogens with one attached hydrogen (secondary N) is 1. The molecule has 2 rings (SSSR count). The fraction of sp³-hybridized carbons (Fsp3) is 1.00. The summed E-state index contributed by atoms with van der Waals surface area (Å²) in [6, 6.07) is 0.816. The molecule has 0 heterocycles. The monoisotopic (exact) mass is 255 g/mol. The highest BCUT2D eigenvalue weighted by molar-refractivity contribution is 4.91. The quantitative estimate of drug-likeness (QED) is 0.609. The Morgan fingerprint density at radius 1 is 1.22 bits per heavy atom. The maximum absolute atomic E-state index is 6.08. The van der Waals surface area contributed by atoms with Crippen LogP contribution in [0, 0.1) is 5.92 Å². The van der Waals surface area contributed by atoms with Crippen molar-refractivity contribution in [1.82, 2.24) is 5.32 Å². The minimum Gasteiger partial charge on any atom is -0.379 e. The normalized spacial score (nSPS) is 22.2. The van der Waals surface area contributed by atoms with E-state index in [1.54, 1.807) is 0 Å². The van der Waals surface area contributed by atoms with E-state index in [1.807, 2.05) is 0 Å². The van der Waals surface area contributed by atoms with Gasteiger partial charge < -0.3 is 14.8 Å². The predicted molar refractivity (Wildman–Crippen MR) is 73.8 cm³/mol. The Bertz CT molecular complexity index is 235. The van der Waals surface area contributed by atoms with Crippen molar-refractivity contribution in [2.45, 2.75) is 64.0 Å². The van der Waals surface area contributed by atoms with E-state index in [0.717, 1.165) is 32.4 Å². The molecule has 2 aliphatic carbocycles. The molecule has 0 atom stereocenters. The average Bonchev–Trinajstić information content (AvgIpc) is 3.07. The van der Waals surface area contributed by atoms with Crippen LogP contribution in [0.25, 0.3) is 0 Å². The number of ether oxygens (including phenoxy) is 2. The van der Waals surface area contributed by atoms with Crippen LogP contribution in [0.1, 0.15) is 52.4 Å². The van der Waals surface area contributed by atoms with Gasteiger partial charge in [-0.05, 0) is 51.0 Å². The Balaban J connectivity index is 1.52. The van der Waals surface area contributed by atoms with E-state index in [0.29, 0.717) is 5.92 Å². The summed E-state index contributed by atoms with van der Waals surface area (Å²) in [7, 11) is 0. The Morgan fingerprint density at radius 3 is 2.56 bits per heavy atom. The number of hydrogen-bond donors (Lipinski definition) is 1. The highest BCUT2D eigenvalue weighted by atomic mass is 16.5. The molecule has 106 valence electrons. The van der Waals surface area contributed by atoms with E-state index in [2.05, 4.69) is 19.2 Å². The molecule has 0 bridgehead atoms. The molecular formula is C15H29NO2. The molecular weight excluding hydrogens is 226 g/mol. The lowest BCUT2D eigenvalue weighted by Crippen LogP contribution is -2.43. The van der Waals surface area contributed by atoms with Crippen LogP contribution in [0.3, 0.4) is 0 Å². The lowest BCUT2D eigenvalue weighted by atomic mass is 9.77. The van der Waals surface area contributed by atoms with Crippen molar-refractivity contribution >= 4 is 0 Å². The van der Waals surface area contributed by atoms with E-state index in [4.69, 9.17) is 9.47 Å². The van der Waals surface area contributed by atoms with Crippen LogP contribution >= 0.6 is 0 Å². The fourth-order valence-corrected chi connectivity index (χ4v) is 2.47. The first kappa shape index (κ1) is 14.3. The van der Waals surface area contributed by atoms with Gasteiger partial charge in [0.2, 0.25) is 0 Å². The summed E-state index contributed by atoms with van der Waals surface area (Å²) in [5.74, 6) is 0.616. The zero-order valence-electron chi connectivity index (χ0n) is 12.0. The van der Waals surface area contributed by atoms with Gasteiger partial charge in [0.05, 0.1) is 18.8 Å². The van der Waals surface area contributed by atoms with Crippen LogP contribution in [-0.4, -0.2) is 38.0 Å². The van der Waals surface area contributed by atoms with Crippen LogP contribution in [0.15, 0.2) is 0 Å². The Kier molecular flexibility index (Phi) is 5.46. The van der Waals surface area contributed by atoms with Gasteiger partial charge in [-0.15, -0.1) is 0 Å². The number of hydrogen-bond acceptors (Lipinski definition) is 3. The molecule has 0 unspecified atom stereocenters. The zero-order chi connectivity index (χ0) is 12.8. The summed E-state index contributed by atoms with van der Waals surface area (Å²) >= 11 is 0. The first-order valence-corrected chi connectivity index (χ1v) is 7.65. The summed E-state index contributed by atoms with van der Waals surface area (Å²) in [6.45, 7) is 7.83. The molecule has 2 aliphatic rings. The van der Waals surface area contributed by atoms with Gasteiger partial charge in [-0.25, -0.2) is 0 Å². The van der Waals surface area contributed by atoms with E-state index in [-0.39, 0.29) is 5.60 Å².